The molecular weight excluding hydrogens is 148 g/mol. The van der Waals surface area contributed by atoms with Crippen LogP contribution in [0.2, 0.25) is 0 Å². The Kier molecular flexibility index (Phi) is 2.11. The lowest BCUT2D eigenvalue weighted by Gasteiger charge is -2.22. The summed E-state index contributed by atoms with van der Waals surface area (Å²) in [5.41, 5.74) is 14.4. The van der Waals surface area contributed by atoms with Gasteiger partial charge in [-0.15, -0.1) is 0 Å². The molecule has 0 aliphatic heterocycles. The first-order valence-corrected chi connectivity index (χ1v) is 4.07. The molecule has 1 rings (SSSR count). The summed E-state index contributed by atoms with van der Waals surface area (Å²) >= 11 is 0. The zero-order chi connectivity index (χ0) is 9.35. The maximum absolute atomic E-state index is 5.95. The van der Waals surface area contributed by atoms with Crippen LogP contribution in [-0.4, -0.2) is 0 Å². The molecule has 1 aromatic rings. The number of para-hydroxylation sites is 1. The fourth-order valence-electron chi connectivity index (χ4n) is 1.24. The third-order valence-electron chi connectivity index (χ3n) is 2.02. The van der Waals surface area contributed by atoms with Crippen molar-refractivity contribution in [2.75, 3.05) is 5.73 Å². The zero-order valence-electron chi connectivity index (χ0n) is 7.89. The minimum atomic E-state index is -0.351. The number of aryl methyl sites for hydroxylation is 1. The number of nitrogens with two attached hydrogens (primary N) is 2. The van der Waals surface area contributed by atoms with E-state index in [1.54, 1.807) is 0 Å². The minimum Gasteiger partial charge on any atom is -0.398 e. The summed E-state index contributed by atoms with van der Waals surface area (Å²) in [5, 5.41) is 0. The Hall–Kier alpha value is -1.02. The van der Waals surface area contributed by atoms with Gasteiger partial charge in [-0.25, -0.2) is 0 Å². The largest absolute Gasteiger partial charge is 0.398 e. The van der Waals surface area contributed by atoms with Crippen LogP contribution in [0.1, 0.15) is 25.0 Å². The van der Waals surface area contributed by atoms with Gasteiger partial charge in [0.2, 0.25) is 0 Å². The molecule has 12 heavy (non-hydrogen) atoms. The molecule has 4 N–H and O–H groups in total. The van der Waals surface area contributed by atoms with Crippen LogP contribution in [0.5, 0.6) is 0 Å². The summed E-state index contributed by atoms with van der Waals surface area (Å²) in [6.45, 7) is 5.90. The molecular formula is C10H16N2. The first kappa shape index (κ1) is 9.07. The number of hydrogen-bond acceptors (Lipinski definition) is 2. The van der Waals surface area contributed by atoms with Gasteiger partial charge in [0.05, 0.1) is 0 Å². The van der Waals surface area contributed by atoms with Gasteiger partial charge in [-0.1, -0.05) is 18.2 Å². The summed E-state index contributed by atoms with van der Waals surface area (Å²) in [6.07, 6.45) is 0. The number of benzene rings is 1. The summed E-state index contributed by atoms with van der Waals surface area (Å²) in [5.74, 6) is 0. The summed E-state index contributed by atoms with van der Waals surface area (Å²) in [4.78, 5) is 0. The summed E-state index contributed by atoms with van der Waals surface area (Å²) in [7, 11) is 0. The van der Waals surface area contributed by atoms with Gasteiger partial charge >= 0.3 is 0 Å². The van der Waals surface area contributed by atoms with E-state index in [1.165, 1.54) is 0 Å². The van der Waals surface area contributed by atoms with Gasteiger partial charge < -0.3 is 11.5 Å². The second-order valence-electron chi connectivity index (χ2n) is 3.76. The molecule has 0 bridgehead atoms. The van der Waals surface area contributed by atoms with Crippen LogP contribution in [0.3, 0.4) is 0 Å². The maximum atomic E-state index is 5.95. The Morgan fingerprint density at radius 2 is 1.83 bits per heavy atom. The number of anilines is 1. The van der Waals surface area contributed by atoms with Crippen LogP contribution in [-0.2, 0) is 5.54 Å². The highest BCUT2D eigenvalue weighted by atomic mass is 14.7. The molecule has 0 amide bonds. The molecule has 66 valence electrons. The molecule has 2 heteroatoms. The molecule has 0 saturated heterocycles. The minimum absolute atomic E-state index is 0.351. The lowest BCUT2D eigenvalue weighted by atomic mass is 9.92. The first-order chi connectivity index (χ1) is 5.43. The van der Waals surface area contributed by atoms with Crippen LogP contribution in [0, 0.1) is 6.92 Å². The highest BCUT2D eigenvalue weighted by molar-refractivity contribution is 5.55. The number of hydrogen-bond donors (Lipinski definition) is 2. The highest BCUT2D eigenvalue weighted by Gasteiger charge is 2.17. The van der Waals surface area contributed by atoms with Crippen molar-refractivity contribution in [3.8, 4) is 0 Å². The molecule has 0 unspecified atom stereocenters. The van der Waals surface area contributed by atoms with Crippen LogP contribution in [0.25, 0.3) is 0 Å². The standard InChI is InChI=1S/C10H16N2/c1-7-5-4-6-8(9(7)11)10(2,3)12/h4-6H,11-12H2,1-3H3. The lowest BCUT2D eigenvalue weighted by Crippen LogP contribution is -2.29. The predicted octanol–water partition coefficient (Wildman–Crippen LogP) is 1.77. The van der Waals surface area contributed by atoms with E-state index in [9.17, 15) is 0 Å². The molecule has 0 aliphatic rings. The van der Waals surface area contributed by atoms with Crippen LogP contribution in [0.15, 0.2) is 18.2 Å². The molecule has 0 spiro atoms. The van der Waals surface area contributed by atoms with Gasteiger partial charge in [0.1, 0.15) is 0 Å². The quantitative estimate of drug-likeness (QED) is 0.621. The molecule has 0 aromatic heterocycles. The van der Waals surface area contributed by atoms with Crippen molar-refractivity contribution in [2.45, 2.75) is 26.3 Å². The topological polar surface area (TPSA) is 52.0 Å². The van der Waals surface area contributed by atoms with E-state index in [1.807, 2.05) is 39.0 Å². The number of rotatable bonds is 1. The van der Waals surface area contributed by atoms with Crippen molar-refractivity contribution in [3.63, 3.8) is 0 Å². The third kappa shape index (κ3) is 1.59. The van der Waals surface area contributed by atoms with Crippen LogP contribution in [0.4, 0.5) is 5.69 Å². The molecule has 0 aliphatic carbocycles. The number of nitrogen functional groups attached to an aromatic ring is 1. The fourth-order valence-corrected chi connectivity index (χ4v) is 1.24. The van der Waals surface area contributed by atoms with Crippen molar-refractivity contribution in [1.82, 2.24) is 0 Å². The molecule has 0 radical (unpaired) electrons. The van der Waals surface area contributed by atoms with E-state index in [0.717, 1.165) is 16.8 Å². The second kappa shape index (κ2) is 2.79. The Labute approximate surface area is 73.6 Å². The smallest absolute Gasteiger partial charge is 0.0394 e. The highest BCUT2D eigenvalue weighted by Crippen LogP contribution is 2.25. The zero-order valence-corrected chi connectivity index (χ0v) is 7.89. The average molecular weight is 164 g/mol. The van der Waals surface area contributed by atoms with Crippen molar-refractivity contribution >= 4 is 5.69 Å². The van der Waals surface area contributed by atoms with E-state index in [2.05, 4.69) is 0 Å². The maximum Gasteiger partial charge on any atom is 0.0394 e. The molecule has 1 aromatic carbocycles. The Bertz CT molecular complexity index is 284. The van der Waals surface area contributed by atoms with Crippen molar-refractivity contribution < 1.29 is 0 Å². The summed E-state index contributed by atoms with van der Waals surface area (Å²) < 4.78 is 0. The Morgan fingerprint density at radius 3 is 2.25 bits per heavy atom. The molecule has 0 heterocycles. The van der Waals surface area contributed by atoms with Gasteiger partial charge in [-0.05, 0) is 31.9 Å². The van der Waals surface area contributed by atoms with Gasteiger partial charge in [-0.3, -0.25) is 0 Å². The molecule has 0 saturated carbocycles. The van der Waals surface area contributed by atoms with Crippen LogP contribution >= 0.6 is 0 Å². The van der Waals surface area contributed by atoms with Crippen molar-refractivity contribution in [1.29, 1.82) is 0 Å². The van der Waals surface area contributed by atoms with Gasteiger partial charge in [0.25, 0.3) is 0 Å². The molecule has 0 fully saturated rings. The normalized spacial score (nSPS) is 11.7. The van der Waals surface area contributed by atoms with Gasteiger partial charge in [0.15, 0.2) is 0 Å². The third-order valence-corrected chi connectivity index (χ3v) is 2.02. The SMILES string of the molecule is Cc1cccc(C(C)(C)N)c1N. The first-order valence-electron chi connectivity index (χ1n) is 4.07. The van der Waals surface area contributed by atoms with Gasteiger partial charge in [0, 0.05) is 11.2 Å². The Balaban J connectivity index is 3.26. The average Bonchev–Trinajstić information content (AvgIpc) is 1.92. The van der Waals surface area contributed by atoms with Gasteiger partial charge in [-0.2, -0.15) is 0 Å². The van der Waals surface area contributed by atoms with Crippen LogP contribution < -0.4 is 11.5 Å². The lowest BCUT2D eigenvalue weighted by molar-refractivity contribution is 0.556. The second-order valence-corrected chi connectivity index (χ2v) is 3.76. The Morgan fingerprint density at radius 1 is 1.25 bits per heavy atom. The molecule has 0 atom stereocenters. The fraction of sp³-hybridized carbons (Fsp3) is 0.400. The van der Waals surface area contributed by atoms with E-state index < -0.39 is 0 Å². The van der Waals surface area contributed by atoms with Crippen molar-refractivity contribution in [3.05, 3.63) is 29.3 Å². The predicted molar refractivity (Wildman–Crippen MR) is 52.8 cm³/mol. The van der Waals surface area contributed by atoms with E-state index >= 15 is 0 Å². The van der Waals surface area contributed by atoms with E-state index in [0.29, 0.717) is 0 Å². The monoisotopic (exact) mass is 164 g/mol. The summed E-state index contributed by atoms with van der Waals surface area (Å²) in [6, 6.07) is 5.95. The molecule has 2 nitrogen and oxygen atoms in total. The van der Waals surface area contributed by atoms with E-state index in [-0.39, 0.29) is 5.54 Å². The van der Waals surface area contributed by atoms with Crippen molar-refractivity contribution in [2.24, 2.45) is 5.73 Å². The van der Waals surface area contributed by atoms with E-state index in [4.69, 9.17) is 11.5 Å².